The summed E-state index contributed by atoms with van der Waals surface area (Å²) in [5, 5.41) is 41.6. The highest BCUT2D eigenvalue weighted by molar-refractivity contribution is 7.26. The maximum Gasteiger partial charge on any atom is 0.259 e. The summed E-state index contributed by atoms with van der Waals surface area (Å²) in [4.78, 5) is 38.5. The number of aliphatic hydroxyl groups excluding tert-OH is 3. The number of fused-ring (bicyclic) bond motifs is 10. The van der Waals surface area contributed by atoms with Gasteiger partial charge in [0, 0.05) is 32.8 Å². The lowest BCUT2D eigenvalue weighted by Gasteiger charge is -2.41. The van der Waals surface area contributed by atoms with Gasteiger partial charge in [-0.2, -0.15) is 0 Å². The van der Waals surface area contributed by atoms with Crippen LogP contribution in [-0.4, -0.2) is 82.2 Å². The summed E-state index contributed by atoms with van der Waals surface area (Å²) >= 11 is 1.20. The zero-order valence-corrected chi connectivity index (χ0v) is 23.2. The second-order valence-electron chi connectivity index (χ2n) is 10.6. The van der Waals surface area contributed by atoms with E-state index >= 15 is 0 Å². The molecular formula is C29H24F2N4O7S. The van der Waals surface area contributed by atoms with E-state index in [1.165, 1.54) is 46.2 Å². The smallest absolute Gasteiger partial charge is 0.259 e. The number of rotatable bonds is 5. The lowest BCUT2D eigenvalue weighted by atomic mass is 9.96. The van der Waals surface area contributed by atoms with Gasteiger partial charge in [0.1, 0.15) is 36.1 Å². The largest absolute Gasteiger partial charge is 0.388 e. The Hall–Kier alpha value is -4.05. The number of hydrogen-bond donors (Lipinski definition) is 6. The van der Waals surface area contributed by atoms with Crippen LogP contribution < -0.4 is 16.0 Å². The summed E-state index contributed by atoms with van der Waals surface area (Å²) in [7, 11) is 1.58. The van der Waals surface area contributed by atoms with Crippen LogP contribution in [0.5, 0.6) is 0 Å². The van der Waals surface area contributed by atoms with Crippen molar-refractivity contribution in [2.24, 2.45) is 0 Å². The van der Waals surface area contributed by atoms with Crippen molar-refractivity contribution in [1.29, 1.82) is 0 Å². The van der Waals surface area contributed by atoms with Crippen LogP contribution in [0.2, 0.25) is 0 Å². The zero-order chi connectivity index (χ0) is 30.3. The number of amides is 3. The quantitative estimate of drug-likeness (QED) is 0.164. The number of imide groups is 1. The van der Waals surface area contributed by atoms with Gasteiger partial charge < -0.3 is 35.3 Å². The lowest BCUT2D eigenvalue weighted by molar-refractivity contribution is -0.241. The van der Waals surface area contributed by atoms with Crippen molar-refractivity contribution in [2.75, 3.05) is 20.1 Å². The van der Waals surface area contributed by atoms with Gasteiger partial charge in [0.2, 0.25) is 5.91 Å². The van der Waals surface area contributed by atoms with E-state index in [4.69, 9.17) is 4.74 Å². The highest BCUT2D eigenvalue weighted by atomic mass is 32.1. The van der Waals surface area contributed by atoms with E-state index in [1.807, 2.05) is 0 Å². The van der Waals surface area contributed by atoms with E-state index in [1.54, 1.807) is 13.1 Å². The number of aromatic nitrogens is 1. The average molecular weight is 611 g/mol. The van der Waals surface area contributed by atoms with Crippen LogP contribution in [0.25, 0.3) is 42.0 Å². The highest BCUT2D eigenvalue weighted by Gasteiger charge is 2.46. The molecule has 5 unspecified atom stereocenters. The Morgan fingerprint density at radius 2 is 1.65 bits per heavy atom. The zero-order valence-electron chi connectivity index (χ0n) is 22.4. The van der Waals surface area contributed by atoms with Crippen molar-refractivity contribution in [3.05, 3.63) is 59.2 Å². The minimum absolute atomic E-state index is 0.00767. The fraction of sp³-hybridized carbons (Fsp3) is 0.276. The molecule has 0 saturated carbocycles. The maximum absolute atomic E-state index is 14.7. The molecule has 4 heterocycles. The summed E-state index contributed by atoms with van der Waals surface area (Å²) in [6, 6.07) is 7.87. The van der Waals surface area contributed by atoms with Crippen molar-refractivity contribution in [2.45, 2.75) is 30.6 Å². The predicted molar refractivity (Wildman–Crippen MR) is 153 cm³/mol. The number of benzene rings is 3. The third kappa shape index (κ3) is 4.06. The van der Waals surface area contributed by atoms with Gasteiger partial charge in [-0.05, 0) is 43.4 Å². The van der Waals surface area contributed by atoms with E-state index in [9.17, 15) is 38.5 Å². The minimum Gasteiger partial charge on any atom is -0.388 e. The Kier molecular flexibility index (Phi) is 6.46. The Bertz CT molecular complexity index is 2020. The molecule has 2 aliphatic heterocycles. The molecule has 1 fully saturated rings. The summed E-state index contributed by atoms with van der Waals surface area (Å²) in [5.41, 5.74) is 0.574. The van der Waals surface area contributed by atoms with Crippen LogP contribution in [0.4, 0.5) is 8.78 Å². The topological polar surface area (TPSA) is 162 Å². The van der Waals surface area contributed by atoms with Crippen molar-refractivity contribution >= 4 is 71.0 Å². The molecule has 2 aliphatic rings. The van der Waals surface area contributed by atoms with Crippen LogP contribution >= 0.6 is 11.3 Å². The molecule has 7 rings (SSSR count). The lowest BCUT2D eigenvalue weighted by Crippen LogP contribution is -2.58. The Morgan fingerprint density at radius 1 is 0.977 bits per heavy atom. The second-order valence-corrected chi connectivity index (χ2v) is 11.7. The molecule has 3 amide bonds. The van der Waals surface area contributed by atoms with Gasteiger partial charge >= 0.3 is 0 Å². The van der Waals surface area contributed by atoms with Gasteiger partial charge in [-0.25, -0.2) is 8.78 Å². The van der Waals surface area contributed by atoms with Gasteiger partial charge in [-0.1, -0.05) is 0 Å². The minimum atomic E-state index is -1.72. The Labute approximate surface area is 244 Å². The molecule has 1 saturated heterocycles. The van der Waals surface area contributed by atoms with E-state index in [0.29, 0.717) is 25.7 Å². The number of nitrogens with zero attached hydrogens (tertiary/aromatic N) is 1. The standard InChI is InChI=1S/C29H24F2N4O7S/c1-32-9-17(36)33-8-15-23(37)24(38)25(39)29(42-15)35-14-4-2-10(30)6-12(14)18-20-21(28(41)34-27(20)40)19-13-7-11(31)3-5-16(13)43-26(19)22(18)35/h2-7,15,23-25,29,32,37-39H,8-9H2,1H3,(H,33,36)(H,34,40,41). The molecule has 14 heteroatoms. The first-order valence-corrected chi connectivity index (χ1v) is 14.2. The van der Waals surface area contributed by atoms with Crippen molar-refractivity contribution in [1.82, 2.24) is 20.5 Å². The Morgan fingerprint density at radius 3 is 2.37 bits per heavy atom. The fourth-order valence-corrected chi connectivity index (χ4v) is 7.43. The van der Waals surface area contributed by atoms with Crippen LogP contribution in [0.15, 0.2) is 36.4 Å². The molecule has 6 N–H and O–H groups in total. The number of ether oxygens (including phenoxy) is 1. The first kappa shape index (κ1) is 27.8. The maximum atomic E-state index is 14.7. The first-order valence-electron chi connectivity index (χ1n) is 13.4. The number of carbonyl (C=O) groups is 3. The first-order chi connectivity index (χ1) is 20.6. The van der Waals surface area contributed by atoms with Gasteiger partial charge in [0.15, 0.2) is 6.23 Å². The monoisotopic (exact) mass is 610 g/mol. The van der Waals surface area contributed by atoms with Crippen LogP contribution in [0, 0.1) is 11.6 Å². The normalized spacial score (nSPS) is 23.9. The van der Waals surface area contributed by atoms with Crippen molar-refractivity contribution < 1.29 is 43.2 Å². The molecule has 3 aromatic carbocycles. The van der Waals surface area contributed by atoms with E-state index < -0.39 is 60.0 Å². The predicted octanol–water partition coefficient (Wildman–Crippen LogP) is 1.64. The molecule has 0 bridgehead atoms. The molecule has 5 atom stereocenters. The van der Waals surface area contributed by atoms with E-state index in [2.05, 4.69) is 16.0 Å². The number of nitrogens with one attached hydrogen (secondary N) is 3. The number of likely N-dealkylation sites (N-methyl/N-ethyl adjacent to an activating group) is 1. The van der Waals surface area contributed by atoms with Gasteiger partial charge in [0.05, 0.1) is 33.4 Å². The number of aliphatic hydroxyl groups is 3. The summed E-state index contributed by atoms with van der Waals surface area (Å²) in [6.45, 7) is -0.218. The summed E-state index contributed by atoms with van der Waals surface area (Å²) in [6.07, 6.45) is -7.59. The third-order valence-electron chi connectivity index (χ3n) is 8.04. The third-order valence-corrected chi connectivity index (χ3v) is 9.22. The molecule has 5 aromatic rings. The molecule has 2 aromatic heterocycles. The Balaban J connectivity index is 1.55. The highest BCUT2D eigenvalue weighted by Crippen LogP contribution is 2.49. The molecule has 0 spiro atoms. The van der Waals surface area contributed by atoms with Crippen LogP contribution in [0.1, 0.15) is 26.9 Å². The molecule has 0 aliphatic carbocycles. The van der Waals surface area contributed by atoms with Crippen LogP contribution in [0.3, 0.4) is 0 Å². The molecule has 0 radical (unpaired) electrons. The number of halogens is 2. The second kappa shape index (κ2) is 10.0. The number of hydrogen-bond acceptors (Lipinski definition) is 9. The molecular weight excluding hydrogens is 586 g/mol. The van der Waals surface area contributed by atoms with E-state index in [0.717, 1.165) is 0 Å². The molecule has 43 heavy (non-hydrogen) atoms. The van der Waals surface area contributed by atoms with Gasteiger partial charge in [0.25, 0.3) is 11.8 Å². The summed E-state index contributed by atoms with van der Waals surface area (Å²) in [5.74, 6) is -2.99. The average Bonchev–Trinajstić information content (AvgIpc) is 3.60. The summed E-state index contributed by atoms with van der Waals surface area (Å²) < 4.78 is 37.9. The molecule has 11 nitrogen and oxygen atoms in total. The number of thiophene rings is 1. The van der Waals surface area contributed by atoms with E-state index in [-0.39, 0.29) is 40.5 Å². The number of carbonyl (C=O) groups excluding carboxylic acids is 3. The van der Waals surface area contributed by atoms with Gasteiger partial charge in [-0.15, -0.1) is 11.3 Å². The van der Waals surface area contributed by atoms with Crippen molar-refractivity contribution in [3.63, 3.8) is 0 Å². The van der Waals surface area contributed by atoms with Crippen molar-refractivity contribution in [3.8, 4) is 0 Å². The van der Waals surface area contributed by atoms with Gasteiger partial charge in [-0.3, -0.25) is 19.7 Å². The fourth-order valence-electron chi connectivity index (χ4n) is 6.20. The van der Waals surface area contributed by atoms with Crippen LogP contribution in [-0.2, 0) is 9.53 Å². The molecule has 222 valence electrons. The SMILES string of the molecule is CNCC(=O)NCC1OC(n2c3ccc(F)cc3c3c4c(c5c6cc(F)ccc6sc5c32)C(=O)NC4=O)C(O)C(O)C1O.